The molecular weight excluding hydrogens is 399 g/mol. The van der Waals surface area contributed by atoms with Gasteiger partial charge in [0.2, 0.25) is 0 Å². The van der Waals surface area contributed by atoms with Crippen molar-refractivity contribution >= 4 is 34.0 Å². The van der Waals surface area contributed by atoms with Crippen LogP contribution in [0.15, 0.2) is 36.7 Å². The van der Waals surface area contributed by atoms with Crippen molar-refractivity contribution in [2.75, 3.05) is 38.7 Å². The second kappa shape index (κ2) is 8.77. The molecule has 0 saturated carbocycles. The molecule has 3 aromatic rings. The van der Waals surface area contributed by atoms with Crippen molar-refractivity contribution in [3.63, 3.8) is 0 Å². The third-order valence-electron chi connectivity index (χ3n) is 4.53. The Morgan fingerprint density at radius 3 is 2.93 bits per heavy atom. The molecular formula is C20H20ClFN4O3. The van der Waals surface area contributed by atoms with E-state index in [1.165, 1.54) is 12.4 Å². The summed E-state index contributed by atoms with van der Waals surface area (Å²) in [5.74, 6) is 1.05. The lowest BCUT2D eigenvalue weighted by Gasteiger charge is -2.24. The largest absolute Gasteiger partial charge is 0.493 e. The summed E-state index contributed by atoms with van der Waals surface area (Å²) in [5.41, 5.74) is 0.894. The van der Waals surface area contributed by atoms with Gasteiger partial charge in [0.05, 0.1) is 24.9 Å². The molecule has 1 aliphatic heterocycles. The number of halogens is 2. The summed E-state index contributed by atoms with van der Waals surface area (Å²) in [6.07, 6.45) is 1.38. The first-order chi connectivity index (χ1) is 14.1. The van der Waals surface area contributed by atoms with E-state index in [2.05, 4.69) is 20.6 Å². The van der Waals surface area contributed by atoms with Crippen LogP contribution in [0.1, 0.15) is 0 Å². The summed E-state index contributed by atoms with van der Waals surface area (Å²) in [4.78, 5) is 8.55. The van der Waals surface area contributed by atoms with Crippen molar-refractivity contribution in [1.82, 2.24) is 15.3 Å². The molecule has 152 valence electrons. The molecule has 0 amide bonds. The molecule has 0 bridgehead atoms. The molecule has 2 heterocycles. The van der Waals surface area contributed by atoms with Gasteiger partial charge in [-0.05, 0) is 24.3 Å². The lowest BCUT2D eigenvalue weighted by molar-refractivity contribution is -0.000235. The normalized spacial score (nSPS) is 16.6. The number of hydrogen-bond acceptors (Lipinski definition) is 7. The average molecular weight is 419 g/mol. The molecule has 0 aliphatic carbocycles. The number of nitrogens with zero attached hydrogens (tertiary/aromatic N) is 2. The quantitative estimate of drug-likeness (QED) is 0.634. The van der Waals surface area contributed by atoms with Crippen molar-refractivity contribution in [3.8, 4) is 11.5 Å². The molecule has 1 fully saturated rings. The highest BCUT2D eigenvalue weighted by Gasteiger charge is 2.17. The number of fused-ring (bicyclic) bond motifs is 1. The van der Waals surface area contributed by atoms with Gasteiger partial charge in [0.1, 0.15) is 30.7 Å². The Hall–Kier alpha value is -2.68. The molecule has 0 spiro atoms. The number of anilines is 2. The van der Waals surface area contributed by atoms with Gasteiger partial charge in [0, 0.05) is 29.6 Å². The Bertz CT molecular complexity index is 1010. The average Bonchev–Trinajstić information content (AvgIpc) is 2.74. The fraction of sp³-hybridized carbons (Fsp3) is 0.300. The molecule has 1 aromatic heterocycles. The summed E-state index contributed by atoms with van der Waals surface area (Å²) in [6.45, 7) is 2.63. The zero-order chi connectivity index (χ0) is 20.2. The molecule has 1 unspecified atom stereocenters. The van der Waals surface area contributed by atoms with Crippen LogP contribution in [-0.4, -0.2) is 49.5 Å². The first-order valence-electron chi connectivity index (χ1n) is 9.14. The van der Waals surface area contributed by atoms with Gasteiger partial charge < -0.3 is 24.8 Å². The smallest absolute Gasteiger partial charge is 0.163 e. The predicted molar refractivity (Wildman–Crippen MR) is 109 cm³/mol. The van der Waals surface area contributed by atoms with E-state index >= 15 is 0 Å². The van der Waals surface area contributed by atoms with E-state index in [9.17, 15) is 4.39 Å². The van der Waals surface area contributed by atoms with Gasteiger partial charge >= 0.3 is 0 Å². The number of nitrogens with one attached hydrogen (secondary N) is 2. The van der Waals surface area contributed by atoms with Gasteiger partial charge in [-0.25, -0.2) is 14.4 Å². The van der Waals surface area contributed by atoms with E-state index in [1.54, 1.807) is 31.4 Å². The van der Waals surface area contributed by atoms with Gasteiger partial charge in [0.25, 0.3) is 0 Å². The third-order valence-corrected chi connectivity index (χ3v) is 4.77. The van der Waals surface area contributed by atoms with E-state index in [-0.39, 0.29) is 11.8 Å². The lowest BCUT2D eigenvalue weighted by atomic mass is 10.2. The SMILES string of the molecule is COc1cc2c(Nc3ccc(Cl)cc3F)ncnc2cc1OCC1CNCCO1. The summed E-state index contributed by atoms with van der Waals surface area (Å²) < 4.78 is 31.2. The van der Waals surface area contributed by atoms with Crippen LogP contribution in [0, 0.1) is 5.82 Å². The van der Waals surface area contributed by atoms with Crippen LogP contribution < -0.4 is 20.1 Å². The monoisotopic (exact) mass is 418 g/mol. The highest BCUT2D eigenvalue weighted by Crippen LogP contribution is 2.35. The Labute approximate surface area is 172 Å². The number of rotatable bonds is 6. The maximum Gasteiger partial charge on any atom is 0.163 e. The molecule has 9 heteroatoms. The first kappa shape index (κ1) is 19.6. The van der Waals surface area contributed by atoms with E-state index < -0.39 is 5.82 Å². The second-order valence-electron chi connectivity index (χ2n) is 6.50. The molecule has 1 saturated heterocycles. The van der Waals surface area contributed by atoms with Crippen molar-refractivity contribution < 1.29 is 18.6 Å². The minimum Gasteiger partial charge on any atom is -0.493 e. The molecule has 2 N–H and O–H groups in total. The lowest BCUT2D eigenvalue weighted by Crippen LogP contribution is -2.41. The van der Waals surface area contributed by atoms with Crippen LogP contribution in [0.2, 0.25) is 5.02 Å². The van der Waals surface area contributed by atoms with Crippen LogP contribution in [0.5, 0.6) is 11.5 Å². The maximum atomic E-state index is 14.2. The summed E-state index contributed by atoms with van der Waals surface area (Å²) in [6, 6.07) is 7.93. The van der Waals surface area contributed by atoms with Crippen LogP contribution in [0.3, 0.4) is 0 Å². The maximum absolute atomic E-state index is 14.2. The summed E-state index contributed by atoms with van der Waals surface area (Å²) in [5, 5.41) is 7.24. The minimum atomic E-state index is -0.475. The number of benzene rings is 2. The van der Waals surface area contributed by atoms with Gasteiger partial charge in [-0.3, -0.25) is 0 Å². The Morgan fingerprint density at radius 2 is 2.17 bits per heavy atom. The number of aromatic nitrogens is 2. The molecule has 7 nitrogen and oxygen atoms in total. The summed E-state index contributed by atoms with van der Waals surface area (Å²) >= 11 is 5.82. The highest BCUT2D eigenvalue weighted by molar-refractivity contribution is 6.30. The number of ether oxygens (including phenoxy) is 3. The van der Waals surface area contributed by atoms with E-state index in [0.29, 0.717) is 46.5 Å². The van der Waals surface area contributed by atoms with Crippen LogP contribution in [0.25, 0.3) is 10.9 Å². The number of morpholine rings is 1. The zero-order valence-corrected chi connectivity index (χ0v) is 16.5. The standard InChI is InChI=1S/C20H20ClFN4O3/c1-27-18-7-14-17(8-19(18)29-10-13-9-23-4-5-28-13)24-11-25-20(14)26-16-3-2-12(21)6-15(16)22/h2-3,6-8,11,13,23H,4-5,9-10H2,1H3,(H,24,25,26). The highest BCUT2D eigenvalue weighted by atomic mass is 35.5. The molecule has 1 aliphatic rings. The molecule has 2 aromatic carbocycles. The summed E-state index contributed by atoms with van der Waals surface area (Å²) in [7, 11) is 1.56. The van der Waals surface area contributed by atoms with E-state index in [0.717, 1.165) is 13.1 Å². The molecule has 29 heavy (non-hydrogen) atoms. The molecule has 0 radical (unpaired) electrons. The van der Waals surface area contributed by atoms with E-state index in [1.807, 2.05) is 0 Å². The third kappa shape index (κ3) is 4.50. The van der Waals surface area contributed by atoms with Crippen LogP contribution >= 0.6 is 11.6 Å². The Kier molecular flexibility index (Phi) is 5.94. The van der Waals surface area contributed by atoms with Crippen LogP contribution in [0.4, 0.5) is 15.9 Å². The second-order valence-corrected chi connectivity index (χ2v) is 6.94. The van der Waals surface area contributed by atoms with Crippen molar-refractivity contribution in [1.29, 1.82) is 0 Å². The van der Waals surface area contributed by atoms with Crippen molar-refractivity contribution in [2.45, 2.75) is 6.10 Å². The fourth-order valence-corrected chi connectivity index (χ4v) is 3.22. The Balaban J connectivity index is 1.62. The topological polar surface area (TPSA) is 77.5 Å². The number of hydrogen-bond donors (Lipinski definition) is 2. The van der Waals surface area contributed by atoms with Gasteiger partial charge in [0.15, 0.2) is 11.5 Å². The van der Waals surface area contributed by atoms with Gasteiger partial charge in [-0.15, -0.1) is 0 Å². The Morgan fingerprint density at radius 1 is 1.28 bits per heavy atom. The van der Waals surface area contributed by atoms with Crippen LogP contribution in [-0.2, 0) is 4.74 Å². The van der Waals surface area contributed by atoms with Gasteiger partial charge in [-0.2, -0.15) is 0 Å². The predicted octanol–water partition coefficient (Wildman–Crippen LogP) is 3.54. The van der Waals surface area contributed by atoms with Crippen molar-refractivity contribution in [2.24, 2.45) is 0 Å². The van der Waals surface area contributed by atoms with E-state index in [4.69, 9.17) is 25.8 Å². The fourth-order valence-electron chi connectivity index (χ4n) is 3.06. The number of methoxy groups -OCH3 is 1. The minimum absolute atomic E-state index is 0.0281. The zero-order valence-electron chi connectivity index (χ0n) is 15.7. The van der Waals surface area contributed by atoms with Gasteiger partial charge in [-0.1, -0.05) is 11.6 Å². The first-order valence-corrected chi connectivity index (χ1v) is 9.52. The van der Waals surface area contributed by atoms with Crippen molar-refractivity contribution in [3.05, 3.63) is 47.5 Å². The molecule has 4 rings (SSSR count). The molecule has 1 atom stereocenters.